The van der Waals surface area contributed by atoms with Crippen LogP contribution in [0.2, 0.25) is 0 Å². The molecule has 0 aliphatic carbocycles. The van der Waals surface area contributed by atoms with Gasteiger partial charge in [0.05, 0.1) is 22.3 Å². The van der Waals surface area contributed by atoms with Crippen molar-refractivity contribution in [1.82, 2.24) is 0 Å². The number of ether oxygens (including phenoxy) is 2. The van der Waals surface area contributed by atoms with Crippen LogP contribution in [0.25, 0.3) is 0 Å². The van der Waals surface area contributed by atoms with E-state index in [1.807, 2.05) is 0 Å². The van der Waals surface area contributed by atoms with Crippen molar-refractivity contribution in [2.24, 2.45) is 0 Å². The van der Waals surface area contributed by atoms with Gasteiger partial charge in [0.2, 0.25) is 0 Å². The molecule has 2 aromatic carbocycles. The molecule has 172 valence electrons. The van der Waals surface area contributed by atoms with Gasteiger partial charge in [0.15, 0.2) is 0 Å². The Morgan fingerprint density at radius 3 is 0.938 bits per heavy atom. The van der Waals surface area contributed by atoms with Crippen LogP contribution in [-0.2, 0) is 9.47 Å². The molecule has 0 amide bonds. The molecule has 0 atom stereocenters. The average molecular weight is 444 g/mol. The first-order valence-corrected chi connectivity index (χ1v) is 9.72. The Balaban J connectivity index is 0.000000320. The molecule has 2 rings (SSSR count). The van der Waals surface area contributed by atoms with Gasteiger partial charge in [-0.1, -0.05) is 0 Å². The van der Waals surface area contributed by atoms with Crippen molar-refractivity contribution in [1.29, 1.82) is 0 Å². The number of hydrogen-bond acceptors (Lipinski definition) is 6. The Hall–Kier alpha value is -3.68. The minimum absolute atomic E-state index is 0.146. The van der Waals surface area contributed by atoms with Crippen LogP contribution in [0.3, 0.4) is 0 Å². The van der Waals surface area contributed by atoms with E-state index < -0.39 is 35.1 Å². The fraction of sp³-hybridized carbons (Fsp3) is 0.333. The third kappa shape index (κ3) is 9.42. The van der Waals surface area contributed by atoms with Gasteiger partial charge in [0.25, 0.3) is 0 Å². The van der Waals surface area contributed by atoms with Gasteiger partial charge < -0.3 is 19.7 Å². The molecule has 0 saturated heterocycles. The summed E-state index contributed by atoms with van der Waals surface area (Å²) in [5.74, 6) is -2.94. The molecule has 0 aromatic heterocycles. The first-order valence-electron chi connectivity index (χ1n) is 9.72. The van der Waals surface area contributed by atoms with E-state index in [0.717, 1.165) is 0 Å². The summed E-state index contributed by atoms with van der Waals surface area (Å²) in [6.45, 7) is 10.6. The van der Waals surface area contributed by atoms with Gasteiger partial charge in [0, 0.05) is 0 Å². The average Bonchev–Trinajstić information content (AvgIpc) is 2.66. The molecule has 2 N–H and O–H groups in total. The summed E-state index contributed by atoms with van der Waals surface area (Å²) in [5, 5.41) is 17.4. The van der Waals surface area contributed by atoms with Crippen LogP contribution in [0.15, 0.2) is 48.5 Å². The number of esters is 2. The molecule has 0 heterocycles. The Bertz CT molecular complexity index is 878. The Labute approximate surface area is 186 Å². The van der Waals surface area contributed by atoms with Crippen molar-refractivity contribution in [3.05, 3.63) is 70.8 Å². The summed E-state index contributed by atoms with van der Waals surface area (Å²) < 4.78 is 10.3. The second-order valence-corrected chi connectivity index (χ2v) is 8.77. The van der Waals surface area contributed by atoms with Crippen molar-refractivity contribution >= 4 is 23.9 Å². The lowest BCUT2D eigenvalue weighted by atomic mass is 10.1. The molecular formula is C24H28O8. The van der Waals surface area contributed by atoms with Gasteiger partial charge >= 0.3 is 23.9 Å². The summed E-state index contributed by atoms with van der Waals surface area (Å²) in [6.07, 6.45) is 0. The molecule has 32 heavy (non-hydrogen) atoms. The first-order chi connectivity index (χ1) is 14.6. The van der Waals surface area contributed by atoms with Crippen molar-refractivity contribution in [3.63, 3.8) is 0 Å². The zero-order valence-corrected chi connectivity index (χ0v) is 19.0. The second kappa shape index (κ2) is 10.6. The van der Waals surface area contributed by atoms with Gasteiger partial charge in [-0.3, -0.25) is 0 Å². The lowest BCUT2D eigenvalue weighted by Crippen LogP contribution is -2.23. The maximum absolute atomic E-state index is 11.6. The van der Waals surface area contributed by atoms with Crippen LogP contribution in [0.5, 0.6) is 0 Å². The van der Waals surface area contributed by atoms with Crippen LogP contribution in [-0.4, -0.2) is 45.3 Å². The highest BCUT2D eigenvalue weighted by molar-refractivity contribution is 5.93. The summed E-state index contributed by atoms with van der Waals surface area (Å²) in [5.41, 5.74) is -0.120. The lowest BCUT2D eigenvalue weighted by Gasteiger charge is -2.19. The topological polar surface area (TPSA) is 127 Å². The molecule has 0 aliphatic rings. The minimum atomic E-state index is -1.02. The molecule has 0 bridgehead atoms. The van der Waals surface area contributed by atoms with Gasteiger partial charge in [-0.05, 0) is 90.1 Å². The van der Waals surface area contributed by atoms with Crippen LogP contribution < -0.4 is 0 Å². The van der Waals surface area contributed by atoms with Gasteiger partial charge in [0.1, 0.15) is 11.2 Å². The van der Waals surface area contributed by atoms with E-state index in [1.165, 1.54) is 48.5 Å². The molecule has 8 nitrogen and oxygen atoms in total. The molecule has 0 saturated carbocycles. The van der Waals surface area contributed by atoms with E-state index in [4.69, 9.17) is 19.7 Å². The van der Waals surface area contributed by atoms with Crippen molar-refractivity contribution < 1.29 is 38.9 Å². The highest BCUT2D eigenvalue weighted by Gasteiger charge is 2.19. The van der Waals surface area contributed by atoms with E-state index in [1.54, 1.807) is 41.5 Å². The predicted molar refractivity (Wildman–Crippen MR) is 117 cm³/mol. The van der Waals surface area contributed by atoms with Gasteiger partial charge in [-0.15, -0.1) is 0 Å². The molecule has 0 radical (unpaired) electrons. The number of rotatable bonds is 4. The van der Waals surface area contributed by atoms with Crippen LogP contribution in [0.1, 0.15) is 83.0 Å². The summed E-state index contributed by atoms with van der Waals surface area (Å²) in [6, 6.07) is 11.3. The maximum atomic E-state index is 11.6. The first kappa shape index (κ1) is 26.4. The van der Waals surface area contributed by atoms with E-state index in [2.05, 4.69) is 0 Å². The number of aromatic carboxylic acids is 2. The quantitative estimate of drug-likeness (QED) is 0.651. The lowest BCUT2D eigenvalue weighted by molar-refractivity contribution is 0.00570. The largest absolute Gasteiger partial charge is 0.478 e. The van der Waals surface area contributed by atoms with E-state index in [0.29, 0.717) is 11.1 Å². The van der Waals surface area contributed by atoms with Crippen molar-refractivity contribution in [2.75, 3.05) is 0 Å². The zero-order valence-electron chi connectivity index (χ0n) is 19.0. The Morgan fingerprint density at radius 2 is 0.750 bits per heavy atom. The van der Waals surface area contributed by atoms with Crippen LogP contribution in [0.4, 0.5) is 0 Å². The molecule has 0 fully saturated rings. The summed E-state index contributed by atoms with van der Waals surface area (Å²) in [7, 11) is 0. The highest BCUT2D eigenvalue weighted by Crippen LogP contribution is 2.14. The molecular weight excluding hydrogens is 416 g/mol. The van der Waals surface area contributed by atoms with E-state index >= 15 is 0 Å². The molecule has 0 aliphatic heterocycles. The van der Waals surface area contributed by atoms with Crippen molar-refractivity contribution in [3.8, 4) is 0 Å². The number of hydrogen-bond donors (Lipinski definition) is 2. The zero-order chi connectivity index (χ0) is 24.7. The third-order valence-corrected chi connectivity index (χ3v) is 3.53. The second-order valence-electron chi connectivity index (χ2n) is 8.77. The summed E-state index contributed by atoms with van der Waals surface area (Å²) in [4.78, 5) is 44.3. The molecule has 2 aromatic rings. The number of carbonyl (C=O) groups is 4. The standard InChI is InChI=1S/2C12H14O4/c2*1-12(2,3)16-11(15)9-6-4-8(5-7-9)10(13)14/h2*4-7H,1-3H3,(H,13,14). The van der Waals surface area contributed by atoms with E-state index in [9.17, 15) is 19.2 Å². The molecule has 8 heteroatoms. The fourth-order valence-corrected chi connectivity index (χ4v) is 2.17. The van der Waals surface area contributed by atoms with E-state index in [-0.39, 0.29) is 11.1 Å². The van der Waals surface area contributed by atoms with Crippen LogP contribution in [0, 0.1) is 0 Å². The Morgan fingerprint density at radius 1 is 0.531 bits per heavy atom. The smallest absolute Gasteiger partial charge is 0.338 e. The maximum Gasteiger partial charge on any atom is 0.338 e. The number of benzene rings is 2. The number of carboxylic acid groups (broad SMARTS) is 2. The molecule has 0 spiro atoms. The highest BCUT2D eigenvalue weighted by atomic mass is 16.6. The predicted octanol–water partition coefficient (Wildman–Crippen LogP) is 4.68. The Kier molecular flexibility index (Phi) is 8.70. The SMILES string of the molecule is CC(C)(C)OC(=O)c1ccc(C(=O)O)cc1.CC(C)(C)OC(=O)c1ccc(C(=O)O)cc1. The minimum Gasteiger partial charge on any atom is -0.478 e. The molecule has 0 unspecified atom stereocenters. The third-order valence-electron chi connectivity index (χ3n) is 3.53. The normalized spacial score (nSPS) is 10.9. The summed E-state index contributed by atoms with van der Waals surface area (Å²) >= 11 is 0. The van der Waals surface area contributed by atoms with Crippen LogP contribution >= 0.6 is 0 Å². The van der Waals surface area contributed by atoms with Crippen molar-refractivity contribution in [2.45, 2.75) is 52.7 Å². The fourth-order valence-electron chi connectivity index (χ4n) is 2.17. The number of carboxylic acids is 2. The van der Waals surface area contributed by atoms with Gasteiger partial charge in [-0.25, -0.2) is 19.2 Å². The monoisotopic (exact) mass is 444 g/mol. The number of carbonyl (C=O) groups excluding carboxylic acids is 2. The van der Waals surface area contributed by atoms with Gasteiger partial charge in [-0.2, -0.15) is 0 Å².